The lowest BCUT2D eigenvalue weighted by molar-refractivity contribution is 0.0950. The Hall–Kier alpha value is -2.17. The Morgan fingerprint density at radius 3 is 2.80 bits per heavy atom. The van der Waals surface area contributed by atoms with Gasteiger partial charge in [-0.05, 0) is 52.7 Å². The number of H-pyrrole nitrogens is 1. The van der Waals surface area contributed by atoms with Gasteiger partial charge in [-0.2, -0.15) is 10.2 Å². The zero-order valence-corrected chi connectivity index (χ0v) is 12.5. The highest BCUT2D eigenvalue weighted by atomic mass is 16.2. The van der Waals surface area contributed by atoms with Crippen LogP contribution >= 0.6 is 0 Å². The van der Waals surface area contributed by atoms with Crippen LogP contribution in [0.4, 0.5) is 0 Å². The second kappa shape index (κ2) is 8.09. The van der Waals surface area contributed by atoms with E-state index in [0.29, 0.717) is 5.69 Å². The first-order valence-electron chi connectivity index (χ1n) is 6.63. The van der Waals surface area contributed by atoms with Gasteiger partial charge in [-0.15, -0.1) is 0 Å². The van der Waals surface area contributed by atoms with Crippen molar-refractivity contribution < 1.29 is 4.79 Å². The number of carbonyl (C=O) groups excluding carboxylic acids is 1. The topological polar surface area (TPSA) is 70.1 Å². The molecule has 0 saturated carbocycles. The number of aromatic nitrogens is 2. The highest BCUT2D eigenvalue weighted by molar-refractivity contribution is 5.92. The molecule has 1 heterocycles. The van der Waals surface area contributed by atoms with E-state index >= 15 is 0 Å². The van der Waals surface area contributed by atoms with Gasteiger partial charge in [-0.25, -0.2) is 5.43 Å². The van der Waals surface area contributed by atoms with E-state index in [9.17, 15) is 4.79 Å². The van der Waals surface area contributed by atoms with E-state index < -0.39 is 0 Å². The smallest absolute Gasteiger partial charge is 0.282 e. The van der Waals surface area contributed by atoms with Crippen molar-refractivity contribution in [2.24, 2.45) is 5.10 Å². The van der Waals surface area contributed by atoms with Gasteiger partial charge < -0.3 is 0 Å². The van der Waals surface area contributed by atoms with Gasteiger partial charge in [0.1, 0.15) is 0 Å². The van der Waals surface area contributed by atoms with Crippen molar-refractivity contribution in [2.75, 3.05) is 0 Å². The first-order chi connectivity index (χ1) is 9.49. The first-order valence-corrected chi connectivity index (χ1v) is 6.63. The predicted octanol–water partition coefficient (Wildman–Crippen LogP) is 3.13. The third kappa shape index (κ3) is 6.13. The molecule has 1 aromatic rings. The van der Waals surface area contributed by atoms with Gasteiger partial charge in [-0.1, -0.05) is 17.2 Å². The van der Waals surface area contributed by atoms with E-state index in [1.807, 2.05) is 19.9 Å². The maximum absolute atomic E-state index is 11.6. The molecule has 0 aliphatic heterocycles. The normalized spacial score (nSPS) is 11.7. The van der Waals surface area contributed by atoms with Crippen LogP contribution in [0, 0.1) is 6.92 Å². The predicted molar refractivity (Wildman–Crippen MR) is 81.7 cm³/mol. The second-order valence-electron chi connectivity index (χ2n) is 4.99. The molecule has 0 atom stereocenters. The molecule has 5 heteroatoms. The SMILES string of the molecule is CC(C)=CCC/C(C)=C\C=N\NC(=O)c1cc(C)[nH]n1. The molecule has 20 heavy (non-hydrogen) atoms. The van der Waals surface area contributed by atoms with Gasteiger partial charge in [0.25, 0.3) is 5.91 Å². The lowest BCUT2D eigenvalue weighted by atomic mass is 10.1. The monoisotopic (exact) mass is 274 g/mol. The summed E-state index contributed by atoms with van der Waals surface area (Å²) < 4.78 is 0. The number of hydrazone groups is 1. The number of hydrogen-bond acceptors (Lipinski definition) is 3. The number of rotatable bonds is 6. The van der Waals surface area contributed by atoms with Crippen LogP contribution in [-0.4, -0.2) is 22.3 Å². The molecule has 0 aromatic carbocycles. The molecular weight excluding hydrogens is 252 g/mol. The number of nitrogens with one attached hydrogen (secondary N) is 2. The Morgan fingerprint density at radius 2 is 2.20 bits per heavy atom. The average molecular weight is 274 g/mol. The highest BCUT2D eigenvalue weighted by Gasteiger charge is 2.06. The molecule has 1 aromatic heterocycles. The molecule has 0 fully saturated rings. The molecule has 1 amide bonds. The van der Waals surface area contributed by atoms with Crippen LogP contribution in [0.3, 0.4) is 0 Å². The van der Waals surface area contributed by atoms with Gasteiger partial charge in [-0.3, -0.25) is 9.89 Å². The molecule has 0 bridgehead atoms. The highest BCUT2D eigenvalue weighted by Crippen LogP contribution is 2.05. The zero-order chi connectivity index (χ0) is 15.0. The molecule has 108 valence electrons. The maximum Gasteiger partial charge on any atom is 0.291 e. The van der Waals surface area contributed by atoms with Crippen molar-refractivity contribution in [3.05, 3.63) is 40.8 Å². The minimum atomic E-state index is -0.318. The number of aromatic amines is 1. The minimum Gasteiger partial charge on any atom is -0.282 e. The van der Waals surface area contributed by atoms with Crippen molar-refractivity contribution in [1.29, 1.82) is 0 Å². The summed E-state index contributed by atoms with van der Waals surface area (Å²) in [6.45, 7) is 8.06. The molecule has 0 spiro atoms. The van der Waals surface area contributed by atoms with Crippen LogP contribution in [-0.2, 0) is 0 Å². The van der Waals surface area contributed by atoms with Crippen LogP contribution < -0.4 is 5.43 Å². The number of aryl methyl sites for hydroxylation is 1. The number of amides is 1. The standard InChI is InChI=1S/C15H22N4O/c1-11(2)6-5-7-12(3)8-9-16-19-15(20)14-10-13(4)17-18-14/h6,8-10H,5,7H2,1-4H3,(H,17,18)(H,19,20)/b12-8-,16-9+. The third-order valence-corrected chi connectivity index (χ3v) is 2.63. The Kier molecular flexibility index (Phi) is 6.43. The van der Waals surface area contributed by atoms with E-state index in [1.54, 1.807) is 12.3 Å². The Balaban J connectivity index is 2.37. The zero-order valence-electron chi connectivity index (χ0n) is 12.5. The average Bonchev–Trinajstić information content (AvgIpc) is 2.80. The molecular formula is C15H22N4O. The van der Waals surface area contributed by atoms with Crippen LogP contribution in [0.2, 0.25) is 0 Å². The van der Waals surface area contributed by atoms with Crippen molar-refractivity contribution >= 4 is 12.1 Å². The summed E-state index contributed by atoms with van der Waals surface area (Å²) in [5, 5.41) is 10.4. The molecule has 0 unspecified atom stereocenters. The number of allylic oxidation sites excluding steroid dienone is 4. The van der Waals surface area contributed by atoms with Crippen molar-refractivity contribution in [3.8, 4) is 0 Å². The van der Waals surface area contributed by atoms with Crippen LogP contribution in [0.25, 0.3) is 0 Å². The molecule has 0 radical (unpaired) electrons. The molecule has 0 aliphatic carbocycles. The summed E-state index contributed by atoms with van der Waals surface area (Å²) in [5.74, 6) is -0.318. The van der Waals surface area contributed by atoms with Crippen molar-refractivity contribution in [3.63, 3.8) is 0 Å². The van der Waals surface area contributed by atoms with Crippen molar-refractivity contribution in [2.45, 2.75) is 40.5 Å². The fraction of sp³-hybridized carbons (Fsp3) is 0.400. The summed E-state index contributed by atoms with van der Waals surface area (Å²) in [4.78, 5) is 11.6. The Labute approximate surface area is 119 Å². The van der Waals surface area contributed by atoms with E-state index in [2.05, 4.69) is 40.6 Å². The summed E-state index contributed by atoms with van der Waals surface area (Å²) in [6, 6.07) is 1.67. The molecule has 1 rings (SSSR count). The summed E-state index contributed by atoms with van der Waals surface area (Å²) in [6.07, 6.45) is 7.71. The van der Waals surface area contributed by atoms with Gasteiger partial charge in [0.15, 0.2) is 5.69 Å². The molecule has 0 aliphatic rings. The first kappa shape index (κ1) is 15.9. The molecule has 0 saturated heterocycles. The largest absolute Gasteiger partial charge is 0.291 e. The van der Waals surface area contributed by atoms with Gasteiger partial charge >= 0.3 is 0 Å². The van der Waals surface area contributed by atoms with Gasteiger partial charge in [0, 0.05) is 11.9 Å². The van der Waals surface area contributed by atoms with Gasteiger partial charge in [0.05, 0.1) is 0 Å². The van der Waals surface area contributed by atoms with E-state index in [1.165, 1.54) is 11.1 Å². The van der Waals surface area contributed by atoms with Crippen LogP contribution in [0.5, 0.6) is 0 Å². The van der Waals surface area contributed by atoms with Gasteiger partial charge in [0.2, 0.25) is 0 Å². The quantitative estimate of drug-likeness (QED) is 0.475. The Bertz CT molecular complexity index is 534. The fourth-order valence-electron chi connectivity index (χ4n) is 1.52. The minimum absolute atomic E-state index is 0.318. The fourth-order valence-corrected chi connectivity index (χ4v) is 1.52. The number of hydrogen-bond donors (Lipinski definition) is 2. The molecule has 2 N–H and O–H groups in total. The second-order valence-corrected chi connectivity index (χ2v) is 4.99. The van der Waals surface area contributed by atoms with E-state index in [-0.39, 0.29) is 5.91 Å². The Morgan fingerprint density at radius 1 is 1.45 bits per heavy atom. The van der Waals surface area contributed by atoms with E-state index in [4.69, 9.17) is 0 Å². The van der Waals surface area contributed by atoms with E-state index in [0.717, 1.165) is 18.5 Å². The number of nitrogens with zero attached hydrogens (tertiary/aromatic N) is 2. The lowest BCUT2D eigenvalue weighted by Gasteiger charge is -1.97. The summed E-state index contributed by atoms with van der Waals surface area (Å²) >= 11 is 0. The maximum atomic E-state index is 11.6. The van der Waals surface area contributed by atoms with Crippen LogP contribution in [0.15, 0.2) is 34.5 Å². The third-order valence-electron chi connectivity index (χ3n) is 2.63. The summed E-state index contributed by atoms with van der Waals surface area (Å²) in [5.41, 5.74) is 6.16. The molecule has 5 nitrogen and oxygen atoms in total. The number of carbonyl (C=O) groups is 1. The summed E-state index contributed by atoms with van der Waals surface area (Å²) in [7, 11) is 0. The lowest BCUT2D eigenvalue weighted by Crippen LogP contribution is -2.17. The van der Waals surface area contributed by atoms with Crippen LogP contribution in [0.1, 0.15) is 49.8 Å². The van der Waals surface area contributed by atoms with Crippen molar-refractivity contribution in [1.82, 2.24) is 15.6 Å².